The first-order valence-electron chi connectivity index (χ1n) is 8.92. The Balaban J connectivity index is 1.47. The summed E-state index contributed by atoms with van der Waals surface area (Å²) in [6, 6.07) is 4.80. The molecule has 2 fully saturated rings. The molecule has 0 radical (unpaired) electrons. The van der Waals surface area contributed by atoms with Crippen LogP contribution in [0.25, 0.3) is 0 Å². The number of benzene rings is 1. The lowest BCUT2D eigenvalue weighted by Crippen LogP contribution is -2.39. The van der Waals surface area contributed by atoms with Gasteiger partial charge in [0.05, 0.1) is 23.1 Å². The summed E-state index contributed by atoms with van der Waals surface area (Å²) < 4.78 is 24.5. The van der Waals surface area contributed by atoms with Gasteiger partial charge >= 0.3 is 6.03 Å². The molecule has 0 saturated carbocycles. The fraction of sp³-hybridized carbons (Fsp3) is 0.556. The van der Waals surface area contributed by atoms with Crippen LogP contribution in [0.2, 0.25) is 0 Å². The molecule has 0 spiro atoms. The number of anilines is 1. The molecule has 26 heavy (non-hydrogen) atoms. The van der Waals surface area contributed by atoms with E-state index in [2.05, 4.69) is 16.0 Å². The topological polar surface area (TPSA) is 104 Å². The van der Waals surface area contributed by atoms with E-state index >= 15 is 0 Å². The van der Waals surface area contributed by atoms with Gasteiger partial charge in [-0.15, -0.1) is 0 Å². The van der Waals surface area contributed by atoms with E-state index in [0.717, 1.165) is 16.8 Å². The van der Waals surface area contributed by atoms with Gasteiger partial charge < -0.3 is 16.0 Å². The number of unbranched alkanes of at least 4 members (excludes halogenated alkanes) is 1. The number of sulfone groups is 1. The maximum absolute atomic E-state index is 12.3. The zero-order valence-corrected chi connectivity index (χ0v) is 15.9. The third-order valence-electron chi connectivity index (χ3n) is 5.34. The largest absolute Gasteiger partial charge is 0.332 e. The van der Waals surface area contributed by atoms with Gasteiger partial charge in [-0.3, -0.25) is 4.79 Å². The van der Waals surface area contributed by atoms with Crippen molar-refractivity contribution in [3.63, 3.8) is 0 Å². The van der Waals surface area contributed by atoms with Crippen LogP contribution in [0.1, 0.15) is 36.8 Å². The van der Waals surface area contributed by atoms with Crippen molar-refractivity contribution in [3.05, 3.63) is 29.3 Å². The molecule has 3 atom stereocenters. The Hall–Kier alpha value is -2.09. The summed E-state index contributed by atoms with van der Waals surface area (Å²) in [7, 11) is -3.21. The normalized spacial score (nSPS) is 26.1. The minimum absolute atomic E-state index is 0.00576. The Kier molecular flexibility index (Phi) is 5.22. The summed E-state index contributed by atoms with van der Waals surface area (Å²) in [4.78, 5) is 23.5. The van der Waals surface area contributed by atoms with Gasteiger partial charge in [0.1, 0.15) is 0 Å². The lowest BCUT2D eigenvalue weighted by molar-refractivity contribution is -0.116. The highest BCUT2D eigenvalue weighted by Gasteiger charge is 2.51. The number of nitrogens with one attached hydrogen (secondary N) is 3. The third kappa shape index (κ3) is 3.85. The molecule has 1 aromatic carbocycles. The minimum Gasteiger partial charge on any atom is -0.332 e. The summed E-state index contributed by atoms with van der Waals surface area (Å²) in [5, 5.41) is 7.71. The molecule has 2 aliphatic heterocycles. The molecule has 0 aromatic heterocycles. The van der Waals surface area contributed by atoms with Crippen molar-refractivity contribution < 1.29 is 18.0 Å². The summed E-state index contributed by atoms with van der Waals surface area (Å²) in [6.07, 6.45) is 2.05. The standard InChI is InChI=1S/C18H25N3O4S/c1-11-6-5-7-13(12(11)2)19-16(22)9-4-3-8-15-17-14(10-26(15,24)25)20-18(23)21-17/h5-7,14-15,17H,3-4,8-10H2,1-2H3,(H,19,22)(H2,20,21,23)/t14-,15+,17-/m0/s1. The van der Waals surface area contributed by atoms with E-state index in [9.17, 15) is 18.0 Å². The molecule has 8 heteroatoms. The van der Waals surface area contributed by atoms with Crippen molar-refractivity contribution in [2.24, 2.45) is 0 Å². The highest BCUT2D eigenvalue weighted by molar-refractivity contribution is 7.92. The number of amides is 3. The van der Waals surface area contributed by atoms with Crippen molar-refractivity contribution >= 4 is 27.5 Å². The summed E-state index contributed by atoms with van der Waals surface area (Å²) in [6.45, 7) is 3.97. The SMILES string of the molecule is Cc1cccc(NC(=O)CCCC[C@@H]2[C@H]3NC(=O)N[C@H]3CS2(=O)=O)c1C. The second-order valence-corrected chi connectivity index (χ2v) is 9.42. The van der Waals surface area contributed by atoms with Crippen molar-refractivity contribution in [1.29, 1.82) is 0 Å². The Morgan fingerprint density at radius 1 is 1.23 bits per heavy atom. The van der Waals surface area contributed by atoms with Crippen LogP contribution in [0, 0.1) is 13.8 Å². The first-order valence-corrected chi connectivity index (χ1v) is 10.6. The van der Waals surface area contributed by atoms with Crippen LogP contribution in [0.5, 0.6) is 0 Å². The quantitative estimate of drug-likeness (QED) is 0.516. The molecule has 0 aliphatic carbocycles. The zero-order chi connectivity index (χ0) is 18.9. The Morgan fingerprint density at radius 2 is 2.00 bits per heavy atom. The van der Waals surface area contributed by atoms with Gasteiger partial charge in [0.15, 0.2) is 9.84 Å². The summed E-state index contributed by atoms with van der Waals surface area (Å²) in [5.41, 5.74) is 2.99. The molecule has 0 bridgehead atoms. The second kappa shape index (κ2) is 7.26. The maximum atomic E-state index is 12.3. The minimum atomic E-state index is -3.21. The lowest BCUT2D eigenvalue weighted by Gasteiger charge is -2.16. The molecule has 2 aliphatic rings. The van der Waals surface area contributed by atoms with Crippen LogP contribution in [0.3, 0.4) is 0 Å². The number of urea groups is 1. The van der Waals surface area contributed by atoms with Crippen LogP contribution < -0.4 is 16.0 Å². The number of carbonyl (C=O) groups is 2. The highest BCUT2D eigenvalue weighted by atomic mass is 32.2. The fourth-order valence-electron chi connectivity index (χ4n) is 3.74. The number of carbonyl (C=O) groups excluding carboxylic acids is 2. The first-order chi connectivity index (χ1) is 12.3. The average Bonchev–Trinajstić information content (AvgIpc) is 3.00. The third-order valence-corrected chi connectivity index (χ3v) is 7.62. The predicted octanol–water partition coefficient (Wildman–Crippen LogP) is 1.65. The summed E-state index contributed by atoms with van der Waals surface area (Å²) in [5.74, 6) is -0.0736. The van der Waals surface area contributed by atoms with Crippen molar-refractivity contribution in [2.75, 3.05) is 11.1 Å². The van der Waals surface area contributed by atoms with Crippen molar-refractivity contribution in [3.8, 4) is 0 Å². The van der Waals surface area contributed by atoms with Gasteiger partial charge in [0.2, 0.25) is 5.91 Å². The van der Waals surface area contributed by atoms with Gasteiger partial charge in [-0.25, -0.2) is 13.2 Å². The Labute approximate surface area is 153 Å². The summed E-state index contributed by atoms with van der Waals surface area (Å²) >= 11 is 0. The molecule has 3 rings (SSSR count). The molecule has 2 saturated heterocycles. The van der Waals surface area contributed by atoms with E-state index in [0.29, 0.717) is 25.7 Å². The molecule has 3 N–H and O–H groups in total. The lowest BCUT2D eigenvalue weighted by atomic mass is 10.0. The number of hydrogen-bond acceptors (Lipinski definition) is 4. The number of fused-ring (bicyclic) bond motifs is 1. The van der Waals surface area contributed by atoms with E-state index in [4.69, 9.17) is 0 Å². The van der Waals surface area contributed by atoms with E-state index in [1.54, 1.807) is 0 Å². The molecular weight excluding hydrogens is 354 g/mol. The number of hydrogen-bond donors (Lipinski definition) is 3. The maximum Gasteiger partial charge on any atom is 0.315 e. The van der Waals surface area contributed by atoms with Gasteiger partial charge in [0, 0.05) is 12.1 Å². The first kappa shape index (κ1) is 18.7. The van der Waals surface area contributed by atoms with E-state index in [1.807, 2.05) is 32.0 Å². The molecule has 7 nitrogen and oxygen atoms in total. The Morgan fingerprint density at radius 3 is 2.77 bits per heavy atom. The van der Waals surface area contributed by atoms with Crippen LogP contribution in [0.4, 0.5) is 10.5 Å². The average molecular weight is 379 g/mol. The number of rotatable bonds is 6. The van der Waals surface area contributed by atoms with Crippen LogP contribution >= 0.6 is 0 Å². The van der Waals surface area contributed by atoms with Crippen LogP contribution in [-0.4, -0.2) is 43.4 Å². The monoisotopic (exact) mass is 379 g/mol. The molecule has 3 amide bonds. The molecular formula is C18H25N3O4S. The van der Waals surface area contributed by atoms with E-state index in [-0.39, 0.29) is 29.8 Å². The zero-order valence-electron chi connectivity index (χ0n) is 15.0. The fourth-order valence-corrected chi connectivity index (χ4v) is 6.00. The Bertz CT molecular complexity index is 822. The van der Waals surface area contributed by atoms with Crippen LogP contribution in [-0.2, 0) is 14.6 Å². The molecule has 0 unspecified atom stereocenters. The van der Waals surface area contributed by atoms with Gasteiger partial charge in [-0.1, -0.05) is 18.6 Å². The van der Waals surface area contributed by atoms with Crippen LogP contribution in [0.15, 0.2) is 18.2 Å². The van der Waals surface area contributed by atoms with Gasteiger partial charge in [0.25, 0.3) is 0 Å². The second-order valence-electron chi connectivity index (χ2n) is 7.16. The highest BCUT2D eigenvalue weighted by Crippen LogP contribution is 2.28. The van der Waals surface area contributed by atoms with Crippen molar-refractivity contribution in [1.82, 2.24) is 10.6 Å². The smallest absolute Gasteiger partial charge is 0.315 e. The predicted molar refractivity (Wildman–Crippen MR) is 99.8 cm³/mol. The number of aryl methyl sites for hydroxylation is 1. The van der Waals surface area contributed by atoms with Gasteiger partial charge in [-0.2, -0.15) is 0 Å². The molecule has 1 aromatic rings. The molecule has 2 heterocycles. The van der Waals surface area contributed by atoms with Crippen molar-refractivity contribution in [2.45, 2.75) is 56.9 Å². The van der Waals surface area contributed by atoms with Gasteiger partial charge in [-0.05, 0) is 43.9 Å². The van der Waals surface area contributed by atoms with E-state index < -0.39 is 15.1 Å². The molecule has 142 valence electrons. The van der Waals surface area contributed by atoms with E-state index in [1.165, 1.54) is 0 Å².